The Kier molecular flexibility index (Phi) is 7.67. The molecule has 1 aliphatic carbocycles. The van der Waals surface area contributed by atoms with Gasteiger partial charge in [-0.25, -0.2) is 9.18 Å². The predicted molar refractivity (Wildman–Crippen MR) is 141 cm³/mol. The van der Waals surface area contributed by atoms with Crippen molar-refractivity contribution in [3.63, 3.8) is 0 Å². The van der Waals surface area contributed by atoms with Gasteiger partial charge in [-0.3, -0.25) is 4.79 Å². The number of alkyl carbamates (subject to hydrolysis) is 1. The highest BCUT2D eigenvalue weighted by atomic mass is 19.1. The summed E-state index contributed by atoms with van der Waals surface area (Å²) in [7, 11) is 0. The molecule has 2 amide bonds. The summed E-state index contributed by atoms with van der Waals surface area (Å²) < 4.78 is 18.8. The fourth-order valence-electron chi connectivity index (χ4n) is 4.47. The molecule has 4 rings (SSSR count). The van der Waals surface area contributed by atoms with Crippen LogP contribution in [-0.4, -0.2) is 35.2 Å². The molecule has 1 aliphatic rings. The first-order valence-corrected chi connectivity index (χ1v) is 12.8. The Labute approximate surface area is 212 Å². The lowest BCUT2D eigenvalue weighted by atomic mass is 10.0. The van der Waals surface area contributed by atoms with Crippen molar-refractivity contribution in [2.45, 2.75) is 77.4 Å². The molecular formula is C29H36FN3O3. The smallest absolute Gasteiger partial charge is 0.407 e. The number of hydrogen-bond acceptors (Lipinski definition) is 3. The molecule has 192 valence electrons. The number of unbranched alkanes of at least 4 members (excludes halogenated alkanes) is 1. The summed E-state index contributed by atoms with van der Waals surface area (Å²) in [5.74, 6) is -0.0797. The van der Waals surface area contributed by atoms with E-state index in [9.17, 15) is 14.0 Å². The Morgan fingerprint density at radius 3 is 2.44 bits per heavy atom. The number of benzene rings is 2. The van der Waals surface area contributed by atoms with Crippen LogP contribution in [0, 0.1) is 5.82 Å². The number of aromatic nitrogens is 1. The van der Waals surface area contributed by atoms with Crippen molar-refractivity contribution >= 4 is 22.9 Å². The minimum Gasteiger partial charge on any atom is -0.444 e. The van der Waals surface area contributed by atoms with Crippen LogP contribution in [0.1, 0.15) is 81.8 Å². The molecule has 1 atom stereocenters. The van der Waals surface area contributed by atoms with Crippen molar-refractivity contribution < 1.29 is 18.7 Å². The van der Waals surface area contributed by atoms with E-state index >= 15 is 0 Å². The van der Waals surface area contributed by atoms with Crippen LogP contribution in [0.4, 0.5) is 9.18 Å². The molecular weight excluding hydrogens is 457 g/mol. The average Bonchev–Trinajstić information content (AvgIpc) is 3.59. The van der Waals surface area contributed by atoms with Crippen LogP contribution in [0.25, 0.3) is 22.0 Å². The molecule has 6 nitrogen and oxygen atoms in total. The predicted octanol–water partition coefficient (Wildman–Crippen LogP) is 6.66. The number of rotatable bonds is 9. The molecule has 0 saturated heterocycles. The molecule has 0 radical (unpaired) electrons. The molecule has 0 aliphatic heterocycles. The second-order valence-corrected chi connectivity index (χ2v) is 10.7. The zero-order valence-corrected chi connectivity index (χ0v) is 21.5. The number of ether oxygens (including phenoxy) is 1. The zero-order chi connectivity index (χ0) is 25.9. The van der Waals surface area contributed by atoms with Crippen molar-refractivity contribution in [3.05, 3.63) is 59.5 Å². The molecule has 2 aromatic carbocycles. The van der Waals surface area contributed by atoms with Crippen LogP contribution in [0.2, 0.25) is 0 Å². The Morgan fingerprint density at radius 1 is 1.11 bits per heavy atom. The van der Waals surface area contributed by atoms with Gasteiger partial charge in [-0.15, -0.1) is 0 Å². The summed E-state index contributed by atoms with van der Waals surface area (Å²) in [6.45, 7) is 7.89. The lowest BCUT2D eigenvalue weighted by Gasteiger charge is -2.24. The van der Waals surface area contributed by atoms with Crippen LogP contribution >= 0.6 is 0 Å². The van der Waals surface area contributed by atoms with Crippen molar-refractivity contribution in [1.29, 1.82) is 0 Å². The number of nitrogens with one attached hydrogen (secondary N) is 3. The fourth-order valence-corrected chi connectivity index (χ4v) is 4.47. The number of hydrogen-bond donors (Lipinski definition) is 3. The molecule has 0 unspecified atom stereocenters. The molecule has 0 spiro atoms. The van der Waals surface area contributed by atoms with Gasteiger partial charge in [0.2, 0.25) is 0 Å². The zero-order valence-electron chi connectivity index (χ0n) is 21.5. The first-order valence-electron chi connectivity index (χ1n) is 12.8. The molecule has 1 aromatic heterocycles. The maximum Gasteiger partial charge on any atom is 0.407 e. The first-order chi connectivity index (χ1) is 17.1. The van der Waals surface area contributed by atoms with Gasteiger partial charge in [-0.1, -0.05) is 44.0 Å². The Balaban J connectivity index is 1.52. The van der Waals surface area contributed by atoms with Gasteiger partial charge >= 0.3 is 6.09 Å². The van der Waals surface area contributed by atoms with E-state index in [1.54, 1.807) is 12.1 Å². The second kappa shape index (κ2) is 10.7. The highest BCUT2D eigenvalue weighted by Crippen LogP contribution is 2.45. The van der Waals surface area contributed by atoms with Gasteiger partial charge in [-0.2, -0.15) is 0 Å². The quantitative estimate of drug-likeness (QED) is 0.311. The van der Waals surface area contributed by atoms with E-state index in [-0.39, 0.29) is 17.8 Å². The SMILES string of the molecule is CCCC[C@@H](CNC(=O)c1[nH]c2cc(-c3ccc(F)cc3)ccc2c1C1CC1)NC(=O)OC(C)(C)C. The van der Waals surface area contributed by atoms with E-state index < -0.39 is 11.7 Å². The third kappa shape index (κ3) is 6.45. The lowest BCUT2D eigenvalue weighted by Crippen LogP contribution is -2.45. The van der Waals surface area contributed by atoms with Gasteiger partial charge in [0.1, 0.15) is 17.1 Å². The normalized spacial score (nSPS) is 14.5. The molecule has 1 fully saturated rings. The van der Waals surface area contributed by atoms with Crippen LogP contribution in [0.15, 0.2) is 42.5 Å². The van der Waals surface area contributed by atoms with E-state index in [1.165, 1.54) is 12.1 Å². The van der Waals surface area contributed by atoms with Gasteiger partial charge in [-0.05, 0) is 80.8 Å². The number of fused-ring (bicyclic) bond motifs is 1. The molecule has 1 heterocycles. The van der Waals surface area contributed by atoms with Crippen LogP contribution < -0.4 is 10.6 Å². The minimum atomic E-state index is -0.584. The van der Waals surface area contributed by atoms with E-state index in [1.807, 2.05) is 39.0 Å². The van der Waals surface area contributed by atoms with Crippen LogP contribution in [0.3, 0.4) is 0 Å². The number of H-pyrrole nitrogens is 1. The van der Waals surface area contributed by atoms with E-state index in [2.05, 4.69) is 22.5 Å². The molecule has 36 heavy (non-hydrogen) atoms. The lowest BCUT2D eigenvalue weighted by molar-refractivity contribution is 0.0498. The Morgan fingerprint density at radius 2 is 1.81 bits per heavy atom. The maximum absolute atomic E-state index is 13.4. The highest BCUT2D eigenvalue weighted by Gasteiger charge is 2.32. The van der Waals surface area contributed by atoms with Crippen molar-refractivity contribution in [1.82, 2.24) is 15.6 Å². The molecule has 7 heteroatoms. The van der Waals surface area contributed by atoms with E-state index in [0.717, 1.165) is 59.7 Å². The summed E-state index contributed by atoms with van der Waals surface area (Å²) >= 11 is 0. The largest absolute Gasteiger partial charge is 0.444 e. The van der Waals surface area contributed by atoms with Gasteiger partial charge in [0.05, 0.1) is 0 Å². The van der Waals surface area contributed by atoms with Gasteiger partial charge in [0.25, 0.3) is 5.91 Å². The molecule has 0 bridgehead atoms. The number of halogens is 1. The van der Waals surface area contributed by atoms with Gasteiger partial charge in [0.15, 0.2) is 0 Å². The van der Waals surface area contributed by atoms with E-state index in [0.29, 0.717) is 18.2 Å². The van der Waals surface area contributed by atoms with Crippen molar-refractivity contribution in [2.24, 2.45) is 0 Å². The standard InChI is InChI=1S/C29H36FN3O3/c1-5-6-7-22(32-28(35)36-29(2,3)4)17-31-27(34)26-25(19-8-9-19)23-15-12-20(16-24(23)33-26)18-10-13-21(30)14-11-18/h10-16,19,22,33H,5-9,17H2,1-4H3,(H,31,34)(H,32,35)/t22-/m0/s1. The van der Waals surface area contributed by atoms with Gasteiger partial charge < -0.3 is 20.4 Å². The first kappa shape index (κ1) is 25.7. The summed E-state index contributed by atoms with van der Waals surface area (Å²) in [5, 5.41) is 6.98. The Hall–Kier alpha value is -3.35. The second-order valence-electron chi connectivity index (χ2n) is 10.7. The fraction of sp³-hybridized carbons (Fsp3) is 0.448. The van der Waals surface area contributed by atoms with Crippen LogP contribution in [0.5, 0.6) is 0 Å². The Bertz CT molecular complexity index is 1220. The molecule has 1 saturated carbocycles. The monoisotopic (exact) mass is 493 g/mol. The molecule has 3 aromatic rings. The summed E-state index contributed by atoms with van der Waals surface area (Å²) in [5.41, 5.74) is 3.81. The van der Waals surface area contributed by atoms with E-state index in [4.69, 9.17) is 4.74 Å². The number of carbonyl (C=O) groups excluding carboxylic acids is 2. The summed E-state index contributed by atoms with van der Waals surface area (Å²) in [6.07, 6.45) is 4.32. The maximum atomic E-state index is 13.4. The number of amides is 2. The molecule has 3 N–H and O–H groups in total. The van der Waals surface area contributed by atoms with Crippen molar-refractivity contribution in [2.75, 3.05) is 6.54 Å². The third-order valence-electron chi connectivity index (χ3n) is 6.36. The highest BCUT2D eigenvalue weighted by molar-refractivity contribution is 6.02. The van der Waals surface area contributed by atoms with Crippen molar-refractivity contribution in [3.8, 4) is 11.1 Å². The summed E-state index contributed by atoms with van der Waals surface area (Å²) in [4.78, 5) is 29.0. The topological polar surface area (TPSA) is 83.2 Å². The average molecular weight is 494 g/mol. The number of aromatic amines is 1. The minimum absolute atomic E-state index is 0.177. The van der Waals surface area contributed by atoms with Crippen LogP contribution in [-0.2, 0) is 4.74 Å². The van der Waals surface area contributed by atoms with Gasteiger partial charge in [0, 0.05) is 23.5 Å². The summed E-state index contributed by atoms with van der Waals surface area (Å²) in [6, 6.07) is 12.3. The third-order valence-corrected chi connectivity index (χ3v) is 6.36. The number of carbonyl (C=O) groups is 2.